The molecule has 0 saturated heterocycles. The highest BCUT2D eigenvalue weighted by Crippen LogP contribution is 2.09. The summed E-state index contributed by atoms with van der Waals surface area (Å²) in [7, 11) is 0. The quantitative estimate of drug-likeness (QED) is 0.0190. The topological polar surface area (TPSA) is 376 Å². The molecule has 50 heavy (non-hydrogen) atoms. The number of carboxylic acids is 1. The molecule has 0 rings (SSSR count). The molecule has 0 aromatic rings. The van der Waals surface area contributed by atoms with Crippen molar-refractivity contribution in [3.8, 4) is 0 Å². The Balaban J connectivity index is 6.06. The Kier molecular flexibility index (Phi) is 20.9. The SMILES string of the molecule is CC(C)(NC(=O)[C@H](CCCNC(=N)N)NC(=O)[C@H](CCCCNC(=N)N)NC(=O)[C@@H](N)CS)C(=O)N[C@@H](CC(N)=O)C(=O)N[C@@H](CS)C(=O)O. The molecule has 0 saturated carbocycles. The van der Waals surface area contributed by atoms with Gasteiger partial charge in [0.2, 0.25) is 35.4 Å². The molecule has 0 radical (unpaired) electrons. The summed E-state index contributed by atoms with van der Waals surface area (Å²) in [4.78, 5) is 88.6. The molecule has 18 N–H and O–H groups in total. The maximum atomic E-state index is 13.6. The molecule has 6 amide bonds. The van der Waals surface area contributed by atoms with Gasteiger partial charge in [-0.1, -0.05) is 0 Å². The summed E-state index contributed by atoms with van der Waals surface area (Å²) in [6.07, 6.45) is 0.466. The number of aliphatic carboxylic acids is 1. The van der Waals surface area contributed by atoms with E-state index in [2.05, 4.69) is 62.5 Å². The van der Waals surface area contributed by atoms with Crippen LogP contribution in [-0.2, 0) is 33.6 Å². The Morgan fingerprint density at radius 2 is 1.16 bits per heavy atom. The zero-order chi connectivity index (χ0) is 38.6. The molecule has 21 nitrogen and oxygen atoms in total. The maximum absolute atomic E-state index is 13.6. The Morgan fingerprint density at radius 1 is 0.680 bits per heavy atom. The molecule has 0 spiro atoms. The van der Waals surface area contributed by atoms with Crippen LogP contribution in [0.15, 0.2) is 0 Å². The van der Waals surface area contributed by atoms with Gasteiger partial charge in [0.1, 0.15) is 29.7 Å². The van der Waals surface area contributed by atoms with E-state index in [0.717, 1.165) is 0 Å². The Labute approximate surface area is 300 Å². The summed E-state index contributed by atoms with van der Waals surface area (Å²) in [5.41, 5.74) is 19.8. The standard InChI is InChI=1S/C27H51N13O8S2/c1-27(2,24(48)39-16(10-18(29)41)21(44)38-17(12-50)23(46)47)40-22(45)15(7-5-9-35-26(32)33)37-20(43)14(36-19(42)13(28)11-49)6-3-4-8-34-25(30)31/h13-17,49-50H,3-12,28H2,1-2H3,(H2,29,41)(H,36,42)(H,37,43)(H,38,44)(H,39,48)(H,40,45)(H,46,47)(H4,30,31,34)(H4,32,33,35)/t13-,14-,15-,16-,17-/m0/s1. The number of nitrogens with two attached hydrogens (primary N) is 4. The van der Waals surface area contributed by atoms with Crippen LogP contribution in [0.4, 0.5) is 0 Å². The fourth-order valence-corrected chi connectivity index (χ4v) is 4.47. The summed E-state index contributed by atoms with van der Waals surface area (Å²) < 4.78 is 0. The van der Waals surface area contributed by atoms with Crippen LogP contribution in [0, 0.1) is 10.8 Å². The van der Waals surface area contributed by atoms with Gasteiger partial charge >= 0.3 is 5.97 Å². The lowest BCUT2D eigenvalue weighted by molar-refractivity contribution is -0.142. The lowest BCUT2D eigenvalue weighted by Crippen LogP contribution is -2.63. The van der Waals surface area contributed by atoms with Gasteiger partial charge in [-0.2, -0.15) is 25.3 Å². The van der Waals surface area contributed by atoms with Crippen molar-refractivity contribution in [3.05, 3.63) is 0 Å². The van der Waals surface area contributed by atoms with E-state index >= 15 is 0 Å². The number of carbonyl (C=O) groups is 7. The first kappa shape index (κ1) is 45.5. The van der Waals surface area contributed by atoms with Gasteiger partial charge in [-0.3, -0.25) is 39.6 Å². The molecule has 23 heteroatoms. The molecular formula is C27H51N13O8S2. The van der Waals surface area contributed by atoms with Crippen LogP contribution in [0.1, 0.15) is 52.4 Å². The highest BCUT2D eigenvalue weighted by atomic mass is 32.1. The number of primary amides is 1. The predicted molar refractivity (Wildman–Crippen MR) is 190 cm³/mol. The second-order valence-corrected chi connectivity index (χ2v) is 12.4. The van der Waals surface area contributed by atoms with Crippen molar-refractivity contribution in [3.63, 3.8) is 0 Å². The molecule has 0 unspecified atom stereocenters. The normalized spacial score (nSPS) is 13.9. The van der Waals surface area contributed by atoms with Crippen LogP contribution in [-0.4, -0.2) is 119 Å². The van der Waals surface area contributed by atoms with Gasteiger partial charge < -0.3 is 65.3 Å². The summed E-state index contributed by atoms with van der Waals surface area (Å²) in [6.45, 7) is 3.03. The van der Waals surface area contributed by atoms with Crippen LogP contribution in [0.2, 0.25) is 0 Å². The summed E-state index contributed by atoms with van der Waals surface area (Å²) >= 11 is 7.87. The Hall–Kier alpha value is -4.51. The Morgan fingerprint density at radius 3 is 1.66 bits per heavy atom. The highest BCUT2D eigenvalue weighted by molar-refractivity contribution is 7.80. The van der Waals surface area contributed by atoms with Crippen LogP contribution in [0.3, 0.4) is 0 Å². The fraction of sp³-hybridized carbons (Fsp3) is 0.667. The third-order valence-electron chi connectivity index (χ3n) is 6.85. The van der Waals surface area contributed by atoms with E-state index in [9.17, 15) is 38.7 Å². The van der Waals surface area contributed by atoms with E-state index in [0.29, 0.717) is 19.4 Å². The zero-order valence-electron chi connectivity index (χ0n) is 28.0. The first-order valence-corrected chi connectivity index (χ1v) is 16.7. The van der Waals surface area contributed by atoms with Gasteiger partial charge in [0, 0.05) is 24.6 Å². The van der Waals surface area contributed by atoms with E-state index in [1.807, 2.05) is 0 Å². The predicted octanol–water partition coefficient (Wildman–Crippen LogP) is -5.12. The van der Waals surface area contributed by atoms with E-state index in [-0.39, 0.29) is 49.2 Å². The first-order valence-electron chi connectivity index (χ1n) is 15.4. The van der Waals surface area contributed by atoms with E-state index in [1.165, 1.54) is 13.8 Å². The van der Waals surface area contributed by atoms with Gasteiger partial charge in [0.25, 0.3) is 0 Å². The molecule has 0 aromatic carbocycles. The third kappa shape index (κ3) is 18.3. The summed E-state index contributed by atoms with van der Waals surface area (Å²) in [5, 5.41) is 41.1. The monoisotopic (exact) mass is 749 g/mol. The van der Waals surface area contributed by atoms with Crippen molar-refractivity contribution in [2.45, 2.75) is 88.1 Å². The zero-order valence-corrected chi connectivity index (χ0v) is 29.8. The number of carbonyl (C=O) groups excluding carboxylic acids is 6. The number of amides is 6. The minimum absolute atomic E-state index is 0.00861. The van der Waals surface area contributed by atoms with Gasteiger partial charge in [-0.25, -0.2) is 4.79 Å². The number of nitrogens with one attached hydrogen (secondary N) is 9. The van der Waals surface area contributed by atoms with E-state index in [1.54, 1.807) is 0 Å². The van der Waals surface area contributed by atoms with Crippen molar-refractivity contribution < 1.29 is 38.7 Å². The summed E-state index contributed by atoms with van der Waals surface area (Å²) in [6, 6.07) is -6.51. The fourth-order valence-electron chi connectivity index (χ4n) is 4.06. The van der Waals surface area contributed by atoms with Crippen LogP contribution < -0.4 is 60.2 Å². The molecule has 0 fully saturated rings. The molecule has 0 aliphatic rings. The average Bonchev–Trinajstić information content (AvgIpc) is 3.02. The van der Waals surface area contributed by atoms with Crippen LogP contribution >= 0.6 is 25.3 Å². The molecular weight excluding hydrogens is 699 g/mol. The number of thiol groups is 2. The first-order chi connectivity index (χ1) is 23.2. The van der Waals surface area contributed by atoms with Gasteiger partial charge in [-0.15, -0.1) is 0 Å². The smallest absolute Gasteiger partial charge is 0.327 e. The Bertz CT molecular complexity index is 1240. The number of carboxylic acid groups (broad SMARTS) is 1. The molecule has 0 bridgehead atoms. The van der Waals surface area contributed by atoms with Gasteiger partial charge in [-0.05, 0) is 46.0 Å². The molecule has 284 valence electrons. The number of guanidine groups is 2. The van der Waals surface area contributed by atoms with Gasteiger partial charge in [0.05, 0.1) is 12.5 Å². The van der Waals surface area contributed by atoms with Gasteiger partial charge in [0.15, 0.2) is 11.9 Å². The molecule has 0 aromatic heterocycles. The minimum atomic E-state index is -1.78. The summed E-state index contributed by atoms with van der Waals surface area (Å²) in [5.74, 6) is -7.51. The number of hydrogen-bond donors (Lipinski definition) is 16. The number of hydrogen-bond acceptors (Lipinski definition) is 12. The second-order valence-electron chi connectivity index (χ2n) is 11.6. The molecule has 0 aliphatic carbocycles. The van der Waals surface area contributed by atoms with Crippen molar-refractivity contribution >= 4 is 78.6 Å². The third-order valence-corrected chi connectivity index (χ3v) is 7.61. The van der Waals surface area contributed by atoms with E-state index < -0.39 is 83.6 Å². The average molecular weight is 750 g/mol. The largest absolute Gasteiger partial charge is 0.480 e. The highest BCUT2D eigenvalue weighted by Gasteiger charge is 2.37. The van der Waals surface area contributed by atoms with E-state index in [4.69, 9.17) is 33.8 Å². The lowest BCUT2D eigenvalue weighted by atomic mass is 10.0. The van der Waals surface area contributed by atoms with Crippen molar-refractivity contribution in [2.75, 3.05) is 24.6 Å². The van der Waals surface area contributed by atoms with Crippen molar-refractivity contribution in [1.29, 1.82) is 10.8 Å². The lowest BCUT2D eigenvalue weighted by Gasteiger charge is -2.30. The van der Waals surface area contributed by atoms with Crippen molar-refractivity contribution in [1.82, 2.24) is 37.2 Å². The molecule has 5 atom stereocenters. The van der Waals surface area contributed by atoms with Crippen LogP contribution in [0.25, 0.3) is 0 Å². The van der Waals surface area contributed by atoms with Crippen molar-refractivity contribution in [2.24, 2.45) is 22.9 Å². The molecule has 0 heterocycles. The number of unbranched alkanes of at least 4 members (excludes halogenated alkanes) is 1. The molecule has 0 aliphatic heterocycles. The maximum Gasteiger partial charge on any atom is 0.327 e. The van der Waals surface area contributed by atoms with Crippen LogP contribution in [0.5, 0.6) is 0 Å². The second kappa shape index (κ2) is 23.0. The minimum Gasteiger partial charge on any atom is -0.480 e. The number of rotatable bonds is 24.